The predicted octanol–water partition coefficient (Wildman–Crippen LogP) is 1.80. The Hall–Kier alpha value is -1.78. The first-order valence-electron chi connectivity index (χ1n) is 6.08. The maximum absolute atomic E-state index is 9.67. The molecule has 0 N–H and O–H groups in total. The lowest BCUT2D eigenvalue weighted by Gasteiger charge is -2.03. The molecule has 1 aromatic rings. The SMILES string of the molecule is CCCCc1ccc([N+]#N)c(OCC)c1.FB(F)F.[F-]. The Balaban J connectivity index is 0. The van der Waals surface area contributed by atoms with Crippen molar-refractivity contribution in [2.75, 3.05) is 6.61 Å². The molecule has 0 saturated carbocycles. The van der Waals surface area contributed by atoms with E-state index in [9.17, 15) is 12.9 Å². The van der Waals surface area contributed by atoms with E-state index >= 15 is 0 Å². The molecule has 20 heavy (non-hydrogen) atoms. The number of ether oxygens (including phenoxy) is 1. The molecule has 0 aliphatic carbocycles. The van der Waals surface area contributed by atoms with Crippen molar-refractivity contribution < 1.29 is 22.4 Å². The molecule has 0 heterocycles. The van der Waals surface area contributed by atoms with Gasteiger partial charge in [-0.25, -0.2) is 0 Å². The highest BCUT2D eigenvalue weighted by molar-refractivity contribution is 6.33. The third-order valence-corrected chi connectivity index (χ3v) is 2.25. The van der Waals surface area contributed by atoms with Gasteiger partial charge in [-0.3, -0.25) is 12.9 Å². The first kappa shape index (κ1) is 20.5. The third-order valence-electron chi connectivity index (χ3n) is 2.25. The van der Waals surface area contributed by atoms with E-state index < -0.39 is 7.54 Å². The van der Waals surface area contributed by atoms with Crippen molar-refractivity contribution in [1.29, 1.82) is 5.39 Å². The summed E-state index contributed by atoms with van der Waals surface area (Å²) < 4.78 is 34.4. The zero-order valence-electron chi connectivity index (χ0n) is 11.5. The lowest BCUT2D eigenvalue weighted by Crippen LogP contribution is -3.00. The maximum atomic E-state index is 9.67. The summed E-state index contributed by atoms with van der Waals surface area (Å²) in [6.07, 6.45) is 3.39. The molecule has 1 aromatic carbocycles. The van der Waals surface area contributed by atoms with Crippen LogP contribution in [0.25, 0.3) is 4.98 Å². The molecule has 0 amide bonds. The minimum Gasteiger partial charge on any atom is -1.00 e. The fraction of sp³-hybridized carbons (Fsp3) is 0.500. The molecule has 0 unspecified atom stereocenters. The van der Waals surface area contributed by atoms with E-state index in [1.54, 1.807) is 6.07 Å². The molecule has 0 bridgehead atoms. The fourth-order valence-electron chi connectivity index (χ4n) is 1.45. The number of aryl methyl sites for hydroxylation is 1. The van der Waals surface area contributed by atoms with E-state index in [4.69, 9.17) is 10.1 Å². The first-order chi connectivity index (χ1) is 9.04. The number of rotatable bonds is 5. The van der Waals surface area contributed by atoms with E-state index in [1.165, 1.54) is 18.4 Å². The lowest BCUT2D eigenvalue weighted by atomic mass is 10.1. The highest BCUT2D eigenvalue weighted by atomic mass is 19.4. The third kappa shape index (κ3) is 9.19. The Morgan fingerprint density at radius 3 is 2.30 bits per heavy atom. The second-order valence-corrected chi connectivity index (χ2v) is 3.69. The standard InChI is InChI=1S/C12H17N2O.BF3.FH/c1-3-5-6-10-7-8-11(14-13)12(9-10)15-4-2;2-1(3)4;/h7-9H,3-6H2,1-2H3;;1H/q+1;;/p-1. The second kappa shape index (κ2) is 12.3. The van der Waals surface area contributed by atoms with Crippen LogP contribution in [0.15, 0.2) is 18.2 Å². The van der Waals surface area contributed by atoms with Crippen molar-refractivity contribution in [2.45, 2.75) is 33.1 Å². The number of hydrogen-bond acceptors (Lipinski definition) is 2. The van der Waals surface area contributed by atoms with Crippen LogP contribution in [0.4, 0.5) is 18.6 Å². The zero-order valence-corrected chi connectivity index (χ0v) is 11.5. The number of benzene rings is 1. The van der Waals surface area contributed by atoms with Gasteiger partial charge in [-0.1, -0.05) is 19.4 Å². The first-order valence-corrected chi connectivity index (χ1v) is 6.08. The van der Waals surface area contributed by atoms with Gasteiger partial charge in [0.15, 0.2) is 4.98 Å². The van der Waals surface area contributed by atoms with Gasteiger partial charge in [-0.15, -0.1) is 0 Å². The van der Waals surface area contributed by atoms with E-state index in [2.05, 4.69) is 11.9 Å². The molecule has 0 aromatic heterocycles. The maximum Gasteiger partial charge on any atom is 0.762 e. The van der Waals surface area contributed by atoms with Crippen molar-refractivity contribution in [1.82, 2.24) is 0 Å². The highest BCUT2D eigenvalue weighted by Crippen LogP contribution is 2.29. The van der Waals surface area contributed by atoms with Crippen molar-refractivity contribution in [2.24, 2.45) is 0 Å². The lowest BCUT2D eigenvalue weighted by molar-refractivity contribution is -0.00000760. The Kier molecular flexibility index (Phi) is 12.6. The van der Waals surface area contributed by atoms with E-state index in [-0.39, 0.29) is 4.70 Å². The molecule has 0 spiro atoms. The smallest absolute Gasteiger partial charge is 0.762 e. The summed E-state index contributed by atoms with van der Waals surface area (Å²) in [5.74, 6) is 0.661. The van der Waals surface area contributed by atoms with Crippen LogP contribution >= 0.6 is 0 Å². The summed E-state index contributed by atoms with van der Waals surface area (Å²) >= 11 is 0. The van der Waals surface area contributed by atoms with Crippen LogP contribution in [0.5, 0.6) is 5.75 Å². The van der Waals surface area contributed by atoms with Crippen molar-refractivity contribution in [3.05, 3.63) is 28.7 Å². The molecule has 0 radical (unpaired) electrons. The van der Waals surface area contributed by atoms with Crippen LogP contribution in [0.1, 0.15) is 32.3 Å². The van der Waals surface area contributed by atoms with Crippen LogP contribution in [-0.4, -0.2) is 14.2 Å². The van der Waals surface area contributed by atoms with Crippen molar-refractivity contribution >= 4 is 13.2 Å². The van der Waals surface area contributed by atoms with Crippen molar-refractivity contribution in [3.8, 4) is 5.75 Å². The predicted molar refractivity (Wildman–Crippen MR) is 70.0 cm³/mol. The zero-order chi connectivity index (χ0) is 14.7. The molecular formula is C12H17BF4N2O. The Morgan fingerprint density at radius 2 is 1.85 bits per heavy atom. The molecule has 0 fully saturated rings. The van der Waals surface area contributed by atoms with Gasteiger partial charge in [-0.05, 0) is 31.4 Å². The van der Waals surface area contributed by atoms with Crippen LogP contribution in [0.2, 0.25) is 0 Å². The van der Waals surface area contributed by atoms with Crippen molar-refractivity contribution in [3.63, 3.8) is 0 Å². The molecule has 0 saturated heterocycles. The van der Waals surface area contributed by atoms with Gasteiger partial charge in [0.1, 0.15) is 0 Å². The van der Waals surface area contributed by atoms with Gasteiger partial charge in [0.05, 0.1) is 6.61 Å². The monoisotopic (exact) mass is 292 g/mol. The van der Waals surface area contributed by atoms with E-state index in [0.29, 0.717) is 18.0 Å². The van der Waals surface area contributed by atoms with Gasteiger partial charge < -0.3 is 9.44 Å². The van der Waals surface area contributed by atoms with Crippen LogP contribution in [0.3, 0.4) is 0 Å². The fourth-order valence-corrected chi connectivity index (χ4v) is 1.45. The largest absolute Gasteiger partial charge is 1.00 e. The number of unbranched alkanes of at least 4 members (excludes halogenated alkanes) is 1. The quantitative estimate of drug-likeness (QED) is 0.471. The number of halogens is 4. The average Bonchev–Trinajstić information content (AvgIpc) is 2.36. The Labute approximate surface area is 116 Å². The van der Waals surface area contributed by atoms with E-state index in [1.807, 2.05) is 19.1 Å². The highest BCUT2D eigenvalue weighted by Gasteiger charge is 2.14. The summed E-state index contributed by atoms with van der Waals surface area (Å²) in [5.41, 5.74) is 1.73. The van der Waals surface area contributed by atoms with Gasteiger partial charge in [-0.2, -0.15) is 0 Å². The molecular weight excluding hydrogens is 275 g/mol. The molecule has 0 aliphatic heterocycles. The molecule has 8 heteroatoms. The Morgan fingerprint density at radius 1 is 1.25 bits per heavy atom. The van der Waals surface area contributed by atoms with Gasteiger partial charge in [0.25, 0.3) is 0 Å². The minimum atomic E-state index is -3.67. The van der Waals surface area contributed by atoms with Crippen LogP contribution in [-0.2, 0) is 6.42 Å². The molecule has 0 atom stereocenters. The summed E-state index contributed by atoms with van der Waals surface area (Å²) in [6.45, 7) is 4.67. The topological polar surface area (TPSA) is 37.4 Å². The summed E-state index contributed by atoms with van der Waals surface area (Å²) in [7, 11) is -3.67. The van der Waals surface area contributed by atoms with Crippen LogP contribution in [0, 0.1) is 5.39 Å². The normalized spacial score (nSPS) is 8.60. The summed E-state index contributed by atoms with van der Waals surface area (Å²) in [6, 6.07) is 5.72. The second-order valence-electron chi connectivity index (χ2n) is 3.69. The molecule has 3 nitrogen and oxygen atoms in total. The van der Waals surface area contributed by atoms with Gasteiger partial charge >= 0.3 is 13.2 Å². The summed E-state index contributed by atoms with van der Waals surface area (Å²) in [5, 5.41) is 8.76. The molecule has 0 aliphatic rings. The molecule has 1 rings (SSSR count). The number of diazo groups is 1. The molecule has 112 valence electrons. The van der Waals surface area contributed by atoms with E-state index in [0.717, 1.165) is 6.42 Å². The van der Waals surface area contributed by atoms with Crippen LogP contribution < -0.4 is 9.44 Å². The Bertz CT molecular complexity index is 410. The van der Waals surface area contributed by atoms with Gasteiger partial charge in [0.2, 0.25) is 11.1 Å². The minimum absolute atomic E-state index is 0. The number of nitrogens with zero attached hydrogens (tertiary/aromatic N) is 2. The summed E-state index contributed by atoms with van der Waals surface area (Å²) in [4.78, 5) is 3.19. The average molecular weight is 292 g/mol. The number of hydrogen-bond donors (Lipinski definition) is 0. The van der Waals surface area contributed by atoms with Gasteiger partial charge in [0, 0.05) is 6.07 Å².